The fourth-order valence-electron chi connectivity index (χ4n) is 0.957. The van der Waals surface area contributed by atoms with Crippen LogP contribution in [0.4, 0.5) is 0 Å². The van der Waals surface area contributed by atoms with E-state index in [0.29, 0.717) is 26.4 Å². The molecule has 0 heterocycles. The van der Waals surface area contributed by atoms with E-state index < -0.39 is 9.05 Å². The Labute approximate surface area is 102 Å². The molecule has 0 aromatic carbocycles. The van der Waals surface area contributed by atoms with Gasteiger partial charge in [-0.1, -0.05) is 0 Å². The summed E-state index contributed by atoms with van der Waals surface area (Å²) in [6.45, 7) is 9.80. The first kappa shape index (κ1) is 17.1. The summed E-state index contributed by atoms with van der Waals surface area (Å²) >= 11 is 0. The molecule has 4 nitrogen and oxygen atoms in total. The maximum atomic E-state index is 5.42. The van der Waals surface area contributed by atoms with E-state index in [9.17, 15) is 0 Å². The van der Waals surface area contributed by atoms with Gasteiger partial charge in [0.25, 0.3) is 0 Å². The van der Waals surface area contributed by atoms with Crippen LogP contribution in [0.15, 0.2) is 0 Å². The van der Waals surface area contributed by atoms with E-state index in [1.54, 1.807) is 0 Å². The monoisotopic (exact) mass is 306 g/mol. The summed E-state index contributed by atoms with van der Waals surface area (Å²) in [7, 11) is -2.80. The minimum absolute atomic E-state index is 0. The summed E-state index contributed by atoms with van der Waals surface area (Å²) < 4.78 is 21.7. The summed E-state index contributed by atoms with van der Waals surface area (Å²) in [5.74, 6) is 0. The van der Waals surface area contributed by atoms with Crippen LogP contribution in [-0.4, -0.2) is 35.5 Å². The van der Waals surface area contributed by atoms with Crippen LogP contribution in [0.3, 0.4) is 0 Å². The molecule has 0 aliphatic heterocycles. The van der Waals surface area contributed by atoms with Crippen molar-refractivity contribution >= 4 is 9.05 Å². The van der Waals surface area contributed by atoms with Crippen LogP contribution < -0.4 is 0 Å². The predicted molar refractivity (Wildman–Crippen MR) is 52.3 cm³/mol. The van der Waals surface area contributed by atoms with Gasteiger partial charge in [0.2, 0.25) is 0 Å². The fraction of sp³-hybridized carbons (Fsp3) is 1.00. The van der Waals surface area contributed by atoms with Gasteiger partial charge in [0.05, 0.1) is 0 Å². The van der Waals surface area contributed by atoms with E-state index in [1.165, 1.54) is 0 Å². The van der Waals surface area contributed by atoms with Crippen LogP contribution in [0.1, 0.15) is 27.7 Å². The Hall–Kier alpha value is 0.745. The zero-order valence-corrected chi connectivity index (χ0v) is 12.4. The molecule has 0 atom stereocenters. The van der Waals surface area contributed by atoms with Crippen LogP contribution >= 0.6 is 0 Å². The molecular formula is C8H20MoO4Si. The Balaban J connectivity index is 0. The van der Waals surface area contributed by atoms with Gasteiger partial charge in [-0.3, -0.25) is 0 Å². The zero-order valence-electron chi connectivity index (χ0n) is 9.37. The summed E-state index contributed by atoms with van der Waals surface area (Å²) in [5.41, 5.74) is 0. The average molecular weight is 304 g/mol. The molecule has 0 fully saturated rings. The van der Waals surface area contributed by atoms with Crippen molar-refractivity contribution in [2.45, 2.75) is 27.7 Å². The number of rotatable bonds is 8. The maximum absolute atomic E-state index is 5.42. The molecule has 0 amide bonds. The van der Waals surface area contributed by atoms with Crippen LogP contribution in [0.25, 0.3) is 0 Å². The minimum Gasteiger partial charge on any atom is -0.351 e. The molecule has 0 saturated heterocycles. The topological polar surface area (TPSA) is 36.9 Å². The van der Waals surface area contributed by atoms with Crippen molar-refractivity contribution in [3.05, 3.63) is 0 Å². The Morgan fingerprint density at radius 2 is 0.857 bits per heavy atom. The van der Waals surface area contributed by atoms with Crippen molar-refractivity contribution < 1.29 is 38.8 Å². The summed E-state index contributed by atoms with van der Waals surface area (Å²) in [6, 6.07) is 0. The molecule has 14 heavy (non-hydrogen) atoms. The molecule has 0 saturated carbocycles. The smallest absolute Gasteiger partial charge is 0.351 e. The fourth-order valence-corrected chi connectivity index (χ4v) is 2.87. The van der Waals surface area contributed by atoms with E-state index in [-0.39, 0.29) is 21.1 Å². The molecule has 0 aliphatic rings. The quantitative estimate of drug-likeness (QED) is 0.638. The Bertz CT molecular complexity index is 96.4. The molecule has 6 heteroatoms. The van der Waals surface area contributed by atoms with Gasteiger partial charge in [0, 0.05) is 47.5 Å². The molecule has 0 aromatic heterocycles. The molecule has 0 rings (SSSR count). The second kappa shape index (κ2) is 10.3. The van der Waals surface area contributed by atoms with Gasteiger partial charge >= 0.3 is 9.05 Å². The third-order valence-electron chi connectivity index (χ3n) is 1.28. The number of hydrogen-bond donors (Lipinski definition) is 0. The Kier molecular flexibility index (Phi) is 12.6. The Morgan fingerprint density at radius 3 is 1.00 bits per heavy atom. The predicted octanol–water partition coefficient (Wildman–Crippen LogP) is 1.57. The van der Waals surface area contributed by atoms with Crippen molar-refractivity contribution in [3.63, 3.8) is 0 Å². The first-order valence-corrected chi connectivity index (χ1v) is 6.43. The van der Waals surface area contributed by atoms with Crippen molar-refractivity contribution in [3.8, 4) is 0 Å². The second-order valence-corrected chi connectivity index (χ2v) is 4.39. The van der Waals surface area contributed by atoms with Gasteiger partial charge in [0.1, 0.15) is 0 Å². The van der Waals surface area contributed by atoms with Gasteiger partial charge < -0.3 is 17.7 Å². The SMILES string of the molecule is CCO[Si](OCC)(OCC)OCC.[Mo]. The van der Waals surface area contributed by atoms with Crippen molar-refractivity contribution in [1.82, 2.24) is 0 Å². The van der Waals surface area contributed by atoms with Crippen LogP contribution in [0.2, 0.25) is 0 Å². The van der Waals surface area contributed by atoms with Gasteiger partial charge in [0.15, 0.2) is 0 Å². The van der Waals surface area contributed by atoms with Crippen LogP contribution in [-0.2, 0) is 38.8 Å². The van der Waals surface area contributed by atoms with Crippen LogP contribution in [0.5, 0.6) is 0 Å². The van der Waals surface area contributed by atoms with E-state index in [2.05, 4.69) is 0 Å². The maximum Gasteiger partial charge on any atom is 0.679 e. The molecule has 0 aromatic rings. The van der Waals surface area contributed by atoms with Crippen molar-refractivity contribution in [1.29, 1.82) is 0 Å². The minimum atomic E-state index is -2.80. The molecule has 0 N–H and O–H groups in total. The zero-order chi connectivity index (χ0) is 10.2. The van der Waals surface area contributed by atoms with Gasteiger partial charge in [-0.15, -0.1) is 0 Å². The standard InChI is InChI=1S/C8H20O4Si.Mo/c1-5-9-13(10-6-2,11-7-3)12-8-4;/h5-8H2,1-4H3;. The van der Waals surface area contributed by atoms with E-state index >= 15 is 0 Å². The molecule has 0 aliphatic carbocycles. The molecule has 86 valence electrons. The third kappa shape index (κ3) is 6.27. The Morgan fingerprint density at radius 1 is 0.643 bits per heavy atom. The van der Waals surface area contributed by atoms with Gasteiger partial charge in [-0.25, -0.2) is 0 Å². The first-order chi connectivity index (χ1) is 6.24. The van der Waals surface area contributed by atoms with Crippen molar-refractivity contribution in [2.75, 3.05) is 26.4 Å². The van der Waals surface area contributed by atoms with Gasteiger partial charge in [-0.05, 0) is 27.7 Å². The average Bonchev–Trinajstić information content (AvgIpc) is 2.06. The van der Waals surface area contributed by atoms with E-state index in [4.69, 9.17) is 17.7 Å². The third-order valence-corrected chi connectivity index (χ3v) is 3.85. The number of hydrogen-bond acceptors (Lipinski definition) is 4. The normalized spacial score (nSPS) is 11.1. The van der Waals surface area contributed by atoms with Crippen molar-refractivity contribution in [2.24, 2.45) is 0 Å². The molecule has 0 bridgehead atoms. The first-order valence-electron chi connectivity index (χ1n) is 4.80. The molecule has 0 radical (unpaired) electrons. The summed E-state index contributed by atoms with van der Waals surface area (Å²) in [6.07, 6.45) is 0. The molecular weight excluding hydrogens is 284 g/mol. The van der Waals surface area contributed by atoms with Crippen LogP contribution in [0, 0.1) is 0 Å². The van der Waals surface area contributed by atoms with E-state index in [1.807, 2.05) is 27.7 Å². The summed E-state index contributed by atoms with van der Waals surface area (Å²) in [4.78, 5) is 0. The largest absolute Gasteiger partial charge is 0.679 e. The summed E-state index contributed by atoms with van der Waals surface area (Å²) in [5, 5.41) is 0. The molecule has 0 spiro atoms. The van der Waals surface area contributed by atoms with Gasteiger partial charge in [-0.2, -0.15) is 0 Å². The van der Waals surface area contributed by atoms with E-state index in [0.717, 1.165) is 0 Å². The second-order valence-electron chi connectivity index (χ2n) is 2.23. The molecule has 0 unspecified atom stereocenters.